The van der Waals surface area contributed by atoms with Crippen LogP contribution in [0.25, 0.3) is 0 Å². The number of hydrogen-bond donors (Lipinski definition) is 2. The number of nitrogens with zero attached hydrogens (tertiary/aromatic N) is 1. The second kappa shape index (κ2) is 8.97. The molecule has 0 bridgehead atoms. The van der Waals surface area contributed by atoms with Crippen molar-refractivity contribution in [2.24, 2.45) is 5.92 Å². The molecule has 25 heavy (non-hydrogen) atoms. The van der Waals surface area contributed by atoms with Gasteiger partial charge in [0.05, 0.1) is 0 Å². The van der Waals surface area contributed by atoms with Gasteiger partial charge in [-0.3, -0.25) is 14.6 Å². The maximum atomic E-state index is 12.5. The molecule has 0 saturated carbocycles. The molecule has 0 atom stereocenters. The summed E-state index contributed by atoms with van der Waals surface area (Å²) < 4.78 is 0. The summed E-state index contributed by atoms with van der Waals surface area (Å²) in [6.07, 6.45) is 3.22. The van der Waals surface area contributed by atoms with Crippen LogP contribution in [-0.4, -0.2) is 23.3 Å². The number of pyridine rings is 1. The summed E-state index contributed by atoms with van der Waals surface area (Å²) in [5.74, 6) is 0.0153. The minimum Gasteiger partial charge on any atom is -0.352 e. The maximum absolute atomic E-state index is 12.5. The highest BCUT2D eigenvalue weighted by molar-refractivity contribution is 6.05. The van der Waals surface area contributed by atoms with E-state index in [1.807, 2.05) is 31.2 Å². The number of carbonyl (C=O) groups is 2. The molecule has 1 heterocycles. The molecule has 0 unspecified atom stereocenters. The highest BCUT2D eigenvalue weighted by Crippen LogP contribution is 2.16. The van der Waals surface area contributed by atoms with E-state index in [4.69, 9.17) is 0 Å². The summed E-state index contributed by atoms with van der Waals surface area (Å²) in [5, 5.41) is 5.73. The molecule has 2 aromatic rings. The van der Waals surface area contributed by atoms with Gasteiger partial charge in [-0.2, -0.15) is 0 Å². The molecule has 0 aliphatic rings. The molecule has 0 fully saturated rings. The molecular formula is C20H25N3O2. The van der Waals surface area contributed by atoms with Crippen molar-refractivity contribution in [3.63, 3.8) is 0 Å². The van der Waals surface area contributed by atoms with Crippen LogP contribution < -0.4 is 10.6 Å². The third-order valence-electron chi connectivity index (χ3n) is 3.91. The molecule has 2 rings (SSSR count). The Kier molecular flexibility index (Phi) is 6.69. The predicted molar refractivity (Wildman–Crippen MR) is 99.8 cm³/mol. The van der Waals surface area contributed by atoms with Crippen molar-refractivity contribution in [1.29, 1.82) is 0 Å². The summed E-state index contributed by atoms with van der Waals surface area (Å²) in [6, 6.07) is 10.8. The number of nitrogens with one attached hydrogen (secondary N) is 2. The molecule has 0 aliphatic carbocycles. The fourth-order valence-corrected chi connectivity index (χ4v) is 2.41. The monoisotopic (exact) mass is 339 g/mol. The van der Waals surface area contributed by atoms with Crippen LogP contribution >= 0.6 is 0 Å². The Bertz CT molecular complexity index is 741. The highest BCUT2D eigenvalue weighted by Gasteiger charge is 2.13. The van der Waals surface area contributed by atoms with Crippen LogP contribution in [0.2, 0.25) is 0 Å². The average molecular weight is 339 g/mol. The molecule has 1 aromatic heterocycles. The molecule has 1 aromatic carbocycles. The van der Waals surface area contributed by atoms with Crippen molar-refractivity contribution in [1.82, 2.24) is 10.3 Å². The Labute approximate surface area is 148 Å². The standard InChI is InChI=1S/C20H25N3O2/c1-4-15-7-5-6-8-17(15)23-20(25)18-13-16(10-12-21-18)19(24)22-11-9-14(2)3/h5-8,10,12-14H,4,9,11H2,1-3H3,(H,22,24)(H,23,25). The summed E-state index contributed by atoms with van der Waals surface area (Å²) in [5.41, 5.74) is 2.48. The zero-order chi connectivity index (χ0) is 18.2. The molecule has 2 N–H and O–H groups in total. The van der Waals surface area contributed by atoms with Gasteiger partial charge in [-0.1, -0.05) is 39.0 Å². The number of hydrogen-bond acceptors (Lipinski definition) is 3. The van der Waals surface area contributed by atoms with E-state index in [1.165, 1.54) is 12.3 Å². The highest BCUT2D eigenvalue weighted by atomic mass is 16.2. The van der Waals surface area contributed by atoms with E-state index in [0.29, 0.717) is 18.0 Å². The molecule has 0 aliphatic heterocycles. The molecule has 0 radical (unpaired) electrons. The predicted octanol–water partition coefficient (Wildman–Crippen LogP) is 3.67. The van der Waals surface area contributed by atoms with E-state index < -0.39 is 0 Å². The first-order valence-electron chi connectivity index (χ1n) is 8.64. The van der Waals surface area contributed by atoms with Gasteiger partial charge >= 0.3 is 0 Å². The lowest BCUT2D eigenvalue weighted by atomic mass is 10.1. The van der Waals surface area contributed by atoms with E-state index in [0.717, 1.165) is 24.1 Å². The Balaban J connectivity index is 2.07. The van der Waals surface area contributed by atoms with Crippen LogP contribution in [0.3, 0.4) is 0 Å². The lowest BCUT2D eigenvalue weighted by Crippen LogP contribution is -2.26. The van der Waals surface area contributed by atoms with Gasteiger partial charge in [0.25, 0.3) is 11.8 Å². The first-order chi connectivity index (χ1) is 12.0. The smallest absolute Gasteiger partial charge is 0.274 e. The van der Waals surface area contributed by atoms with E-state index in [1.54, 1.807) is 6.07 Å². The van der Waals surface area contributed by atoms with Crippen LogP contribution in [0.5, 0.6) is 0 Å². The number of rotatable bonds is 7. The number of aryl methyl sites for hydroxylation is 1. The fourth-order valence-electron chi connectivity index (χ4n) is 2.41. The Hall–Kier alpha value is -2.69. The summed E-state index contributed by atoms with van der Waals surface area (Å²) >= 11 is 0. The Morgan fingerprint density at radius 2 is 1.88 bits per heavy atom. The number of aromatic nitrogens is 1. The summed E-state index contributed by atoms with van der Waals surface area (Å²) in [6.45, 7) is 6.86. The minimum atomic E-state index is -0.322. The third-order valence-corrected chi connectivity index (χ3v) is 3.91. The lowest BCUT2D eigenvalue weighted by molar-refractivity contribution is 0.0952. The van der Waals surface area contributed by atoms with E-state index in [9.17, 15) is 9.59 Å². The number of benzene rings is 1. The van der Waals surface area contributed by atoms with E-state index in [2.05, 4.69) is 29.5 Å². The second-order valence-corrected chi connectivity index (χ2v) is 6.33. The van der Waals surface area contributed by atoms with Crippen LogP contribution in [-0.2, 0) is 6.42 Å². The van der Waals surface area contributed by atoms with Crippen molar-refractivity contribution in [3.05, 3.63) is 59.4 Å². The largest absolute Gasteiger partial charge is 0.352 e. The van der Waals surface area contributed by atoms with Crippen LogP contribution in [0.1, 0.15) is 53.6 Å². The van der Waals surface area contributed by atoms with Crippen LogP contribution in [0.15, 0.2) is 42.6 Å². The number of amides is 2. The Morgan fingerprint density at radius 3 is 2.60 bits per heavy atom. The summed E-state index contributed by atoms with van der Waals surface area (Å²) in [4.78, 5) is 28.7. The molecule has 5 nitrogen and oxygen atoms in total. The van der Waals surface area contributed by atoms with Gasteiger partial charge in [0.15, 0.2) is 0 Å². The first kappa shape index (κ1) is 18.6. The topological polar surface area (TPSA) is 71.1 Å². The quantitative estimate of drug-likeness (QED) is 0.808. The molecular weight excluding hydrogens is 314 g/mol. The average Bonchev–Trinajstić information content (AvgIpc) is 2.61. The zero-order valence-electron chi connectivity index (χ0n) is 15.0. The normalized spacial score (nSPS) is 10.6. The molecule has 0 saturated heterocycles. The molecule has 132 valence electrons. The van der Waals surface area contributed by atoms with Crippen molar-refractivity contribution < 1.29 is 9.59 Å². The van der Waals surface area contributed by atoms with Crippen molar-refractivity contribution in [3.8, 4) is 0 Å². The molecule has 2 amide bonds. The maximum Gasteiger partial charge on any atom is 0.274 e. The zero-order valence-corrected chi connectivity index (χ0v) is 15.0. The molecule has 5 heteroatoms. The first-order valence-corrected chi connectivity index (χ1v) is 8.64. The fraction of sp³-hybridized carbons (Fsp3) is 0.350. The number of anilines is 1. The number of para-hydroxylation sites is 1. The van der Waals surface area contributed by atoms with Crippen molar-refractivity contribution in [2.45, 2.75) is 33.6 Å². The Morgan fingerprint density at radius 1 is 1.12 bits per heavy atom. The van der Waals surface area contributed by atoms with Crippen LogP contribution in [0, 0.1) is 5.92 Å². The van der Waals surface area contributed by atoms with Crippen molar-refractivity contribution in [2.75, 3.05) is 11.9 Å². The van der Waals surface area contributed by atoms with E-state index in [-0.39, 0.29) is 17.5 Å². The van der Waals surface area contributed by atoms with Gasteiger partial charge in [-0.05, 0) is 42.5 Å². The molecule has 0 spiro atoms. The van der Waals surface area contributed by atoms with E-state index >= 15 is 0 Å². The van der Waals surface area contributed by atoms with Gasteiger partial charge in [-0.25, -0.2) is 0 Å². The van der Waals surface area contributed by atoms with Crippen LogP contribution in [0.4, 0.5) is 5.69 Å². The summed E-state index contributed by atoms with van der Waals surface area (Å²) in [7, 11) is 0. The SMILES string of the molecule is CCc1ccccc1NC(=O)c1cc(C(=O)NCCC(C)C)ccn1. The van der Waals surface area contributed by atoms with Gasteiger partial charge in [0, 0.05) is 24.0 Å². The van der Waals surface area contributed by atoms with Gasteiger partial charge < -0.3 is 10.6 Å². The van der Waals surface area contributed by atoms with Crippen molar-refractivity contribution >= 4 is 17.5 Å². The second-order valence-electron chi connectivity index (χ2n) is 6.33. The number of carbonyl (C=O) groups excluding carboxylic acids is 2. The minimum absolute atomic E-state index is 0.189. The third kappa shape index (κ3) is 5.41. The van der Waals surface area contributed by atoms with Gasteiger partial charge in [-0.15, -0.1) is 0 Å². The van der Waals surface area contributed by atoms with Gasteiger partial charge in [0.1, 0.15) is 5.69 Å². The van der Waals surface area contributed by atoms with Gasteiger partial charge in [0.2, 0.25) is 0 Å². The lowest BCUT2D eigenvalue weighted by Gasteiger charge is -2.10.